The molecule has 6 aliphatic rings. The third kappa shape index (κ3) is 22.6. The molecule has 3 atom stereocenters. The van der Waals surface area contributed by atoms with Crippen molar-refractivity contribution in [2.75, 3.05) is 168 Å². The Hall–Kier alpha value is -15.0. The van der Waals surface area contributed by atoms with Crippen LogP contribution in [0.3, 0.4) is 0 Å². The molecule has 2 amide bonds. The molecule has 6 aromatic carbocycles. The van der Waals surface area contributed by atoms with Crippen LogP contribution in [0, 0.1) is 27.7 Å². The summed E-state index contributed by atoms with van der Waals surface area (Å²) in [6.45, 7) is 21.2. The van der Waals surface area contributed by atoms with E-state index in [0.29, 0.717) is 102 Å². The lowest BCUT2D eigenvalue weighted by molar-refractivity contribution is -0.139. The van der Waals surface area contributed by atoms with E-state index in [0.717, 1.165) is 199 Å². The molecule has 0 spiro atoms. The molecule has 6 saturated heterocycles. The summed E-state index contributed by atoms with van der Waals surface area (Å²) in [5.41, 5.74) is 33.9. The fourth-order valence-electron chi connectivity index (χ4n) is 18.7. The zero-order valence-electron chi connectivity index (χ0n) is 82.1. The number of piperidine rings is 2. The van der Waals surface area contributed by atoms with Gasteiger partial charge in [0.1, 0.15) is 12.1 Å². The lowest BCUT2D eigenvalue weighted by atomic mass is 10.1. The summed E-state index contributed by atoms with van der Waals surface area (Å²) >= 11 is 11.9. The van der Waals surface area contributed by atoms with Crippen molar-refractivity contribution in [1.29, 1.82) is 0 Å². The summed E-state index contributed by atoms with van der Waals surface area (Å²) in [5, 5.41) is 49.7. The Labute approximate surface area is 854 Å². The predicted molar refractivity (Wildman–Crippen MR) is 571 cm³/mol. The number of aryl methyl sites for hydroxylation is 4. The van der Waals surface area contributed by atoms with Crippen LogP contribution in [-0.2, 0) is 33.3 Å². The average Bonchev–Trinajstić information content (AvgIpc) is 1.62. The van der Waals surface area contributed by atoms with Crippen molar-refractivity contribution in [3.05, 3.63) is 289 Å². The van der Waals surface area contributed by atoms with Crippen molar-refractivity contribution in [3.8, 4) is 34.1 Å². The van der Waals surface area contributed by atoms with E-state index >= 15 is 0 Å². The van der Waals surface area contributed by atoms with E-state index in [2.05, 4.69) is 141 Å². The first-order chi connectivity index (χ1) is 71.4. The number of primary amides is 1. The Kier molecular flexibility index (Phi) is 31.7. The number of nitrogens with zero attached hydrogens (tertiary/aromatic N) is 24. The summed E-state index contributed by atoms with van der Waals surface area (Å²) < 4.78 is 38.7. The van der Waals surface area contributed by atoms with Gasteiger partial charge in [0.15, 0.2) is 34.9 Å². The highest BCUT2D eigenvalue weighted by atomic mass is 35.5. The molecular weight excluding hydrogens is 1890 g/mol. The SMILES string of the molecule is COCCNc1nn(-c2ccc(Cl)cc2)c2cnccc12.Cc1ccc(-n2nc(N3CCC(O)CC3)c3ccncc32)cc1.Cc1ccc(-n2nc(N3CCOC(CN)C3)c3ccncc32)cc1.Cc1ccc(-n2nc(N3CCOCC3C(=O)N3CCOCC3)c3ccncc32)cc1.Cc1ccc(-n2nc(N3CCOCC3C(N)=O)c3ccncc32)cc1.NC1CCN(c2nn(-c3ccc(Cl)cc3)c3cnccc23)CC1. The van der Waals surface area contributed by atoms with Gasteiger partial charge in [-0.3, -0.25) is 39.5 Å². The number of aromatic nitrogens is 18. The normalized spacial score (nSPS) is 16.8. The number of pyridine rings is 6. The van der Waals surface area contributed by atoms with E-state index in [1.54, 1.807) is 38.1 Å². The zero-order chi connectivity index (χ0) is 101. The smallest absolute Gasteiger partial charge is 0.247 e. The number of methoxy groups -OCH3 is 1. The molecule has 36 nitrogen and oxygen atoms in total. The first-order valence-electron chi connectivity index (χ1n) is 49.2. The molecular formula is C108H118Cl2N28O8. The lowest BCUT2D eigenvalue weighted by Gasteiger charge is -2.38. The Morgan fingerprint density at radius 1 is 0.397 bits per heavy atom. The van der Waals surface area contributed by atoms with Gasteiger partial charge in [-0.05, 0) is 187 Å². The largest absolute Gasteiger partial charge is 0.393 e. The number of hydrogen-bond donors (Lipinski definition) is 5. The van der Waals surface area contributed by atoms with Crippen molar-refractivity contribution in [2.45, 2.75) is 83.7 Å². The highest BCUT2D eigenvalue weighted by molar-refractivity contribution is 6.31. The van der Waals surface area contributed by atoms with Crippen LogP contribution < -0.4 is 47.0 Å². The number of amides is 2. The van der Waals surface area contributed by atoms with Gasteiger partial charge in [0, 0.05) is 171 Å². The molecule has 752 valence electrons. The number of hydrogen-bond acceptors (Lipinski definition) is 28. The molecule has 18 aromatic rings. The molecule has 0 bridgehead atoms. The number of ether oxygens (including phenoxy) is 5. The van der Waals surface area contributed by atoms with Gasteiger partial charge in [-0.1, -0.05) is 94.0 Å². The van der Waals surface area contributed by atoms with Gasteiger partial charge in [0.2, 0.25) is 11.8 Å². The monoisotopic (exact) mass is 2000 g/mol. The highest BCUT2D eigenvalue weighted by Gasteiger charge is 2.38. The van der Waals surface area contributed by atoms with E-state index < -0.39 is 18.0 Å². The van der Waals surface area contributed by atoms with Gasteiger partial charge in [-0.15, -0.1) is 30.6 Å². The minimum Gasteiger partial charge on any atom is -0.393 e. The number of benzene rings is 6. The summed E-state index contributed by atoms with van der Waals surface area (Å²) in [7, 11) is 1.68. The number of aliphatic hydroxyl groups is 1. The van der Waals surface area contributed by atoms with Crippen LogP contribution in [0.5, 0.6) is 0 Å². The number of anilines is 6. The topological polar surface area (TPSA) is 394 Å². The Morgan fingerprint density at radius 2 is 0.726 bits per heavy atom. The fourth-order valence-corrected chi connectivity index (χ4v) is 19.0. The van der Waals surface area contributed by atoms with E-state index in [9.17, 15) is 14.7 Å². The van der Waals surface area contributed by atoms with Gasteiger partial charge in [-0.2, -0.15) is 0 Å². The van der Waals surface area contributed by atoms with Crippen molar-refractivity contribution in [1.82, 2.24) is 93.5 Å². The highest BCUT2D eigenvalue weighted by Crippen LogP contribution is 2.38. The second-order valence-electron chi connectivity index (χ2n) is 36.6. The van der Waals surface area contributed by atoms with Crippen LogP contribution in [0.1, 0.15) is 47.9 Å². The number of nitrogens with one attached hydrogen (secondary N) is 1. The molecule has 0 aliphatic carbocycles. The van der Waals surface area contributed by atoms with E-state index in [1.807, 2.05) is 210 Å². The number of halogens is 2. The Morgan fingerprint density at radius 3 is 1.11 bits per heavy atom. The minimum atomic E-state index is -0.522. The molecule has 0 radical (unpaired) electrons. The molecule has 6 aliphatic heterocycles. The summed E-state index contributed by atoms with van der Waals surface area (Å²) in [4.78, 5) is 63.4. The molecule has 38 heteroatoms. The molecule has 146 heavy (non-hydrogen) atoms. The van der Waals surface area contributed by atoms with Gasteiger partial charge in [-0.25, -0.2) is 28.1 Å². The van der Waals surface area contributed by atoms with Crippen LogP contribution in [0.25, 0.3) is 99.5 Å². The van der Waals surface area contributed by atoms with Crippen LogP contribution in [-0.4, -0.2) is 279 Å². The second kappa shape index (κ2) is 46.4. The number of nitrogens with two attached hydrogens (primary N) is 3. The first-order valence-corrected chi connectivity index (χ1v) is 50.0. The number of fused-ring (bicyclic) bond motifs is 6. The maximum atomic E-state index is 13.3. The lowest BCUT2D eigenvalue weighted by Crippen LogP contribution is -2.57. The third-order valence-electron chi connectivity index (χ3n) is 26.7. The Bertz CT molecular complexity index is 7310. The van der Waals surface area contributed by atoms with Crippen LogP contribution >= 0.6 is 23.2 Å². The summed E-state index contributed by atoms with van der Waals surface area (Å²) in [5.74, 6) is 4.96. The first kappa shape index (κ1) is 99.8. The maximum absolute atomic E-state index is 13.3. The van der Waals surface area contributed by atoms with Gasteiger partial charge < -0.3 is 80.7 Å². The fraction of sp³-hybridized carbons (Fsp3) is 0.315. The van der Waals surface area contributed by atoms with Crippen LogP contribution in [0.4, 0.5) is 34.9 Å². The maximum Gasteiger partial charge on any atom is 0.247 e. The standard InChI is InChI=1S/C22H25N5O3.C18H19N5O2.C18H21N5O.C18H20N4O.C17H18ClN5.C15H15ClN4O/c1-16-2-4-17(5-3-16)27-19-14-23-7-6-18(19)21(24-27)26-10-13-30-15-20(26)22(28)25-8-11-29-12-9-25;1-12-2-4-13(5-3-12)23-15-10-20-7-6-14(15)18(21-23)22-8-9-25-11-16(22)17(19)24;1-13-2-4-14(5-3-13)23-17-11-20-7-6-16(17)18(21-23)22-8-9-24-15(10-19)12-22;1-13-2-4-14(5-3-13)22-17-12-19-9-6-16(17)18(20-22)21-10-7-15(23)8-11-21;18-12-1-3-14(4-2-12)23-16-11-20-8-5-15(16)17(21-23)22-9-6-13(19)7-10-22;1-21-9-8-18-15-13-6-7-17-10-14(13)20(19-15)12-4-2-11(16)3-5-12/h2-7,14,20H,8-13,15H2,1H3;2-7,10,16H,8-9,11H2,1H3,(H2,19,24);2-7,11,15H,8-10,12,19H2,1H3;2-6,9,12,15,23H,7-8,10-11H2,1H3;1-5,8,11,13H,6-7,9-10,19H2;2-7,10H,8-9H2,1H3,(H,18,19). The number of aliphatic hydroxyl groups excluding tert-OH is 1. The second-order valence-corrected chi connectivity index (χ2v) is 37.5. The van der Waals surface area contributed by atoms with Crippen LogP contribution in [0.2, 0.25) is 10.0 Å². The molecule has 8 N–H and O–H groups in total. The predicted octanol–water partition coefficient (Wildman–Crippen LogP) is 13.9. The van der Waals surface area contributed by atoms with Gasteiger partial charge in [0.05, 0.1) is 169 Å². The van der Waals surface area contributed by atoms with Crippen molar-refractivity contribution >= 4 is 135 Å². The third-order valence-corrected chi connectivity index (χ3v) is 27.2. The zero-order valence-corrected chi connectivity index (χ0v) is 83.6. The molecule has 6 fully saturated rings. The quantitative estimate of drug-likeness (QED) is 0.0498. The van der Waals surface area contributed by atoms with Gasteiger partial charge in [0.25, 0.3) is 0 Å². The van der Waals surface area contributed by atoms with E-state index in [4.69, 9.17) is 89.6 Å². The number of morpholine rings is 4. The molecule has 12 aromatic heterocycles. The molecule has 24 rings (SSSR count). The minimum absolute atomic E-state index is 0.0557. The molecule has 18 heterocycles. The molecule has 0 saturated carbocycles. The molecule has 3 unspecified atom stereocenters. The van der Waals surface area contributed by atoms with Crippen molar-refractivity contribution in [3.63, 3.8) is 0 Å². The summed E-state index contributed by atoms with van der Waals surface area (Å²) in [6, 6.07) is 59.6. The average molecular weight is 2010 g/mol. The van der Waals surface area contributed by atoms with Crippen LogP contribution in [0.15, 0.2) is 256 Å². The number of carbonyl (C=O) groups is 2. The van der Waals surface area contributed by atoms with Gasteiger partial charge >= 0.3 is 0 Å². The number of rotatable bonds is 18. The number of carbonyl (C=O) groups excluding carboxylic acids is 2. The Balaban J connectivity index is 0.000000111. The van der Waals surface area contributed by atoms with Crippen molar-refractivity contribution < 1.29 is 38.4 Å². The van der Waals surface area contributed by atoms with Crippen molar-refractivity contribution in [2.24, 2.45) is 17.2 Å². The van der Waals surface area contributed by atoms with E-state index in [-0.39, 0.29) is 24.7 Å². The van der Waals surface area contributed by atoms with E-state index in [1.165, 1.54) is 22.3 Å². The summed E-state index contributed by atoms with van der Waals surface area (Å²) in [6.07, 6.45) is 25.2.